The molecule has 0 unspecified atom stereocenters. The van der Waals surface area contributed by atoms with E-state index in [1.54, 1.807) is 0 Å². The van der Waals surface area contributed by atoms with Crippen molar-refractivity contribution in [2.75, 3.05) is 31.1 Å². The van der Waals surface area contributed by atoms with E-state index in [0.717, 1.165) is 30.0 Å². The first-order valence-electron chi connectivity index (χ1n) is 8.87. The van der Waals surface area contributed by atoms with Gasteiger partial charge in [0.25, 0.3) is 5.91 Å². The van der Waals surface area contributed by atoms with E-state index in [-0.39, 0.29) is 5.91 Å². The van der Waals surface area contributed by atoms with Crippen molar-refractivity contribution in [2.45, 2.75) is 40.5 Å². The van der Waals surface area contributed by atoms with Gasteiger partial charge in [0.15, 0.2) is 0 Å². The minimum absolute atomic E-state index is 0.0311. The number of carbonyl (C=O) groups is 1. The highest BCUT2D eigenvalue weighted by Gasteiger charge is 2.26. The molecule has 25 heavy (non-hydrogen) atoms. The van der Waals surface area contributed by atoms with E-state index in [2.05, 4.69) is 33.9 Å². The van der Waals surface area contributed by atoms with Gasteiger partial charge in [0.1, 0.15) is 11.5 Å². The Labute approximate surface area is 148 Å². The van der Waals surface area contributed by atoms with Gasteiger partial charge in [-0.1, -0.05) is 13.8 Å². The summed E-state index contributed by atoms with van der Waals surface area (Å²) in [5.74, 6) is 2.14. The molecule has 1 amide bonds. The summed E-state index contributed by atoms with van der Waals surface area (Å²) < 4.78 is 5.48. The Morgan fingerprint density at radius 2 is 1.76 bits per heavy atom. The van der Waals surface area contributed by atoms with E-state index in [9.17, 15) is 4.79 Å². The van der Waals surface area contributed by atoms with Crippen molar-refractivity contribution in [1.29, 1.82) is 0 Å². The van der Waals surface area contributed by atoms with Gasteiger partial charge in [-0.2, -0.15) is 5.10 Å². The molecule has 0 bridgehead atoms. The number of furan rings is 1. The zero-order chi connectivity index (χ0) is 18.0. The number of hydrogen-bond acceptors (Lipinski definition) is 6. The molecule has 7 nitrogen and oxygen atoms in total. The highest BCUT2D eigenvalue weighted by molar-refractivity contribution is 5.95. The molecular formula is C18H25N5O2. The number of aromatic nitrogens is 3. The lowest BCUT2D eigenvalue weighted by Crippen LogP contribution is -2.49. The molecule has 1 aliphatic heterocycles. The molecular weight excluding hydrogens is 318 g/mol. The predicted octanol–water partition coefficient (Wildman–Crippen LogP) is 2.17. The lowest BCUT2D eigenvalue weighted by atomic mass is 10.2. The van der Waals surface area contributed by atoms with Gasteiger partial charge >= 0.3 is 0 Å². The molecule has 0 atom stereocenters. The van der Waals surface area contributed by atoms with Gasteiger partial charge in [-0.3, -0.25) is 4.79 Å². The molecule has 3 heterocycles. The van der Waals surface area contributed by atoms with Crippen molar-refractivity contribution in [1.82, 2.24) is 20.1 Å². The SMILES string of the molecule is CCc1nnc(N2CCN(C(=O)c3cc(C)oc3C)CC2)nc1CC. The van der Waals surface area contributed by atoms with Crippen LogP contribution in [0.2, 0.25) is 0 Å². The van der Waals surface area contributed by atoms with E-state index in [4.69, 9.17) is 4.42 Å². The maximum absolute atomic E-state index is 12.7. The van der Waals surface area contributed by atoms with Gasteiger partial charge in [-0.25, -0.2) is 4.98 Å². The monoisotopic (exact) mass is 343 g/mol. The predicted molar refractivity (Wildman–Crippen MR) is 94.9 cm³/mol. The topological polar surface area (TPSA) is 75.4 Å². The maximum Gasteiger partial charge on any atom is 0.257 e. The number of nitrogens with zero attached hydrogens (tertiary/aromatic N) is 5. The first-order chi connectivity index (χ1) is 12.0. The third kappa shape index (κ3) is 3.50. The van der Waals surface area contributed by atoms with Crippen LogP contribution in [-0.4, -0.2) is 52.2 Å². The van der Waals surface area contributed by atoms with Gasteiger partial charge in [0, 0.05) is 26.2 Å². The van der Waals surface area contributed by atoms with Gasteiger partial charge in [0.2, 0.25) is 5.95 Å². The molecule has 0 N–H and O–H groups in total. The highest BCUT2D eigenvalue weighted by atomic mass is 16.3. The Morgan fingerprint density at radius 1 is 1.08 bits per heavy atom. The Morgan fingerprint density at radius 3 is 2.32 bits per heavy atom. The third-order valence-corrected chi connectivity index (χ3v) is 4.62. The fraction of sp³-hybridized carbons (Fsp3) is 0.556. The second-order valence-corrected chi connectivity index (χ2v) is 6.32. The number of piperazine rings is 1. The maximum atomic E-state index is 12.7. The van der Waals surface area contributed by atoms with Crippen molar-refractivity contribution in [3.8, 4) is 0 Å². The lowest BCUT2D eigenvalue weighted by molar-refractivity contribution is 0.0744. The molecule has 0 saturated carbocycles. The van der Waals surface area contributed by atoms with Gasteiger partial charge in [0.05, 0.1) is 17.0 Å². The third-order valence-electron chi connectivity index (χ3n) is 4.62. The van der Waals surface area contributed by atoms with Crippen molar-refractivity contribution < 1.29 is 9.21 Å². The van der Waals surface area contributed by atoms with E-state index in [1.165, 1.54) is 0 Å². The van der Waals surface area contributed by atoms with E-state index >= 15 is 0 Å². The molecule has 2 aromatic rings. The molecule has 0 aliphatic carbocycles. The zero-order valence-corrected chi connectivity index (χ0v) is 15.4. The van der Waals surface area contributed by atoms with Crippen LogP contribution in [0.25, 0.3) is 0 Å². The fourth-order valence-electron chi connectivity index (χ4n) is 3.19. The van der Waals surface area contributed by atoms with Crippen LogP contribution in [0.4, 0.5) is 5.95 Å². The molecule has 0 radical (unpaired) electrons. The van der Waals surface area contributed by atoms with Crippen LogP contribution in [0.15, 0.2) is 10.5 Å². The lowest BCUT2D eigenvalue weighted by Gasteiger charge is -2.34. The quantitative estimate of drug-likeness (QED) is 0.847. The smallest absolute Gasteiger partial charge is 0.257 e. The van der Waals surface area contributed by atoms with Crippen LogP contribution in [0.5, 0.6) is 0 Å². The minimum atomic E-state index is 0.0311. The van der Waals surface area contributed by atoms with Crippen LogP contribution < -0.4 is 4.90 Å². The molecule has 2 aromatic heterocycles. The van der Waals surface area contributed by atoms with E-state index in [0.29, 0.717) is 43.5 Å². The first-order valence-corrected chi connectivity index (χ1v) is 8.87. The summed E-state index contributed by atoms with van der Waals surface area (Å²) in [5.41, 5.74) is 2.63. The molecule has 0 aromatic carbocycles. The van der Waals surface area contributed by atoms with Gasteiger partial charge in [-0.05, 0) is 32.8 Å². The molecule has 0 spiro atoms. The fourth-order valence-corrected chi connectivity index (χ4v) is 3.19. The summed E-state index contributed by atoms with van der Waals surface area (Å²) in [5, 5.41) is 8.59. The summed E-state index contributed by atoms with van der Waals surface area (Å²) >= 11 is 0. The van der Waals surface area contributed by atoms with Crippen LogP contribution >= 0.6 is 0 Å². The van der Waals surface area contributed by atoms with E-state index in [1.807, 2.05) is 24.8 Å². The Balaban J connectivity index is 1.67. The number of carbonyl (C=O) groups excluding carboxylic acids is 1. The van der Waals surface area contributed by atoms with E-state index < -0.39 is 0 Å². The summed E-state index contributed by atoms with van der Waals surface area (Å²) in [6.07, 6.45) is 1.69. The molecule has 1 fully saturated rings. The molecule has 134 valence electrons. The van der Waals surface area contributed by atoms with Crippen molar-refractivity contribution in [3.05, 3.63) is 34.5 Å². The average Bonchev–Trinajstić information content (AvgIpc) is 2.98. The second kappa shape index (κ2) is 7.21. The molecule has 1 aliphatic rings. The summed E-state index contributed by atoms with van der Waals surface area (Å²) in [4.78, 5) is 21.3. The molecule has 3 rings (SSSR count). The average molecular weight is 343 g/mol. The van der Waals surface area contributed by atoms with Crippen molar-refractivity contribution in [2.24, 2.45) is 0 Å². The largest absolute Gasteiger partial charge is 0.466 e. The summed E-state index contributed by atoms with van der Waals surface area (Å²) in [6.45, 7) is 10.5. The Kier molecular flexibility index (Phi) is 5.01. The first kappa shape index (κ1) is 17.4. The number of anilines is 1. The number of aryl methyl sites for hydroxylation is 4. The van der Waals surface area contributed by atoms with Gasteiger partial charge < -0.3 is 14.2 Å². The molecule has 1 saturated heterocycles. The van der Waals surface area contributed by atoms with Gasteiger partial charge in [-0.15, -0.1) is 5.10 Å². The molecule has 7 heteroatoms. The van der Waals surface area contributed by atoms with Crippen LogP contribution in [-0.2, 0) is 12.8 Å². The zero-order valence-electron chi connectivity index (χ0n) is 15.4. The summed E-state index contributed by atoms with van der Waals surface area (Å²) in [6, 6.07) is 1.81. The van der Waals surface area contributed by atoms with Crippen molar-refractivity contribution in [3.63, 3.8) is 0 Å². The number of rotatable bonds is 4. The Hall–Kier alpha value is -2.44. The summed E-state index contributed by atoms with van der Waals surface area (Å²) in [7, 11) is 0. The van der Waals surface area contributed by atoms with Crippen LogP contribution in [0.3, 0.4) is 0 Å². The minimum Gasteiger partial charge on any atom is -0.466 e. The van der Waals surface area contributed by atoms with Crippen LogP contribution in [0.1, 0.15) is 47.1 Å². The van der Waals surface area contributed by atoms with Crippen molar-refractivity contribution >= 4 is 11.9 Å². The second-order valence-electron chi connectivity index (χ2n) is 6.32. The Bertz CT molecular complexity index is 763. The normalized spacial score (nSPS) is 14.9. The standard InChI is InChI=1S/C18H25N5O2/c1-5-15-16(6-2)20-21-18(19-15)23-9-7-22(8-10-23)17(24)14-11-12(3)25-13(14)4/h11H,5-10H2,1-4H3. The highest BCUT2D eigenvalue weighted by Crippen LogP contribution is 2.18. The van der Waals surface area contributed by atoms with Crippen LogP contribution in [0, 0.1) is 13.8 Å². The number of hydrogen-bond donors (Lipinski definition) is 0. The number of amides is 1.